The summed E-state index contributed by atoms with van der Waals surface area (Å²) in [5.41, 5.74) is 1.23. The van der Waals surface area contributed by atoms with E-state index in [-0.39, 0.29) is 17.9 Å². The van der Waals surface area contributed by atoms with Gasteiger partial charge in [0.1, 0.15) is 0 Å². The summed E-state index contributed by atoms with van der Waals surface area (Å²) < 4.78 is 1.35. The van der Waals surface area contributed by atoms with E-state index in [1.165, 1.54) is 4.68 Å². The molecule has 2 aromatic rings. The SMILES string of the molecule is CC(C)c1[nH]n(-c2ccc(Cl)cc2)c(=O)c1CC(=O)O. The van der Waals surface area contributed by atoms with E-state index < -0.39 is 5.97 Å². The summed E-state index contributed by atoms with van der Waals surface area (Å²) in [6, 6.07) is 6.76. The fourth-order valence-electron chi connectivity index (χ4n) is 2.06. The second-order valence-corrected chi connectivity index (χ2v) is 5.28. The maximum atomic E-state index is 12.4. The van der Waals surface area contributed by atoms with Crippen LogP contribution in [0.3, 0.4) is 0 Å². The molecule has 0 spiro atoms. The Hall–Kier alpha value is -2.01. The quantitative estimate of drug-likeness (QED) is 0.910. The van der Waals surface area contributed by atoms with E-state index in [2.05, 4.69) is 5.10 Å². The Balaban J connectivity index is 2.58. The third-order valence-corrected chi connectivity index (χ3v) is 3.26. The van der Waals surface area contributed by atoms with E-state index in [4.69, 9.17) is 16.7 Å². The lowest BCUT2D eigenvalue weighted by molar-refractivity contribution is -0.136. The molecule has 0 atom stereocenters. The summed E-state index contributed by atoms with van der Waals surface area (Å²) in [6.07, 6.45) is -0.288. The molecule has 0 fully saturated rings. The van der Waals surface area contributed by atoms with Crippen molar-refractivity contribution in [1.29, 1.82) is 0 Å². The van der Waals surface area contributed by atoms with Gasteiger partial charge in [-0.05, 0) is 30.2 Å². The van der Waals surface area contributed by atoms with Gasteiger partial charge >= 0.3 is 5.97 Å². The van der Waals surface area contributed by atoms with Gasteiger partial charge in [0.25, 0.3) is 5.56 Å². The van der Waals surface area contributed by atoms with E-state index in [0.717, 1.165) is 0 Å². The predicted octanol–water partition coefficient (Wildman–Crippen LogP) is 2.57. The molecule has 0 saturated heterocycles. The van der Waals surface area contributed by atoms with Gasteiger partial charge in [-0.3, -0.25) is 14.7 Å². The maximum Gasteiger partial charge on any atom is 0.308 e. The Morgan fingerprint density at radius 3 is 2.45 bits per heavy atom. The Bertz CT molecular complexity index is 683. The lowest BCUT2D eigenvalue weighted by Gasteiger charge is -2.04. The summed E-state index contributed by atoms with van der Waals surface area (Å²) >= 11 is 5.82. The Morgan fingerprint density at radius 2 is 1.95 bits per heavy atom. The molecule has 2 N–H and O–H groups in total. The zero-order valence-electron chi connectivity index (χ0n) is 11.2. The van der Waals surface area contributed by atoms with Crippen LogP contribution in [0.4, 0.5) is 0 Å². The average Bonchev–Trinajstić information content (AvgIpc) is 2.68. The molecule has 20 heavy (non-hydrogen) atoms. The van der Waals surface area contributed by atoms with E-state index in [1.54, 1.807) is 24.3 Å². The third-order valence-electron chi connectivity index (χ3n) is 3.01. The van der Waals surface area contributed by atoms with Gasteiger partial charge in [0.2, 0.25) is 0 Å². The Labute approximate surface area is 120 Å². The van der Waals surface area contributed by atoms with E-state index in [1.807, 2.05) is 13.8 Å². The molecule has 6 heteroatoms. The molecule has 5 nitrogen and oxygen atoms in total. The second kappa shape index (κ2) is 5.54. The molecule has 0 amide bonds. The predicted molar refractivity (Wildman–Crippen MR) is 76.8 cm³/mol. The minimum Gasteiger partial charge on any atom is -0.481 e. The molecule has 0 bridgehead atoms. The van der Waals surface area contributed by atoms with Gasteiger partial charge in [-0.2, -0.15) is 0 Å². The molecule has 0 unspecified atom stereocenters. The molecular weight excluding hydrogens is 280 g/mol. The number of H-pyrrole nitrogens is 1. The number of aliphatic carboxylic acids is 1. The van der Waals surface area contributed by atoms with Crippen molar-refractivity contribution < 1.29 is 9.90 Å². The standard InChI is InChI=1S/C14H15ClN2O3/c1-8(2)13-11(7-12(18)19)14(20)17(16-13)10-5-3-9(15)4-6-10/h3-6,8,16H,7H2,1-2H3,(H,18,19). The van der Waals surface area contributed by atoms with Crippen molar-refractivity contribution in [2.45, 2.75) is 26.2 Å². The van der Waals surface area contributed by atoms with Crippen LogP contribution < -0.4 is 5.56 Å². The van der Waals surface area contributed by atoms with E-state index >= 15 is 0 Å². The highest BCUT2D eigenvalue weighted by Gasteiger charge is 2.19. The molecule has 0 aliphatic carbocycles. The molecular formula is C14H15ClN2O3. The van der Waals surface area contributed by atoms with Crippen molar-refractivity contribution in [3.63, 3.8) is 0 Å². The summed E-state index contributed by atoms with van der Waals surface area (Å²) in [5.74, 6) is -0.989. The van der Waals surface area contributed by atoms with Crippen molar-refractivity contribution in [3.05, 3.63) is 50.9 Å². The summed E-state index contributed by atoms with van der Waals surface area (Å²) in [4.78, 5) is 23.3. The number of halogens is 1. The minimum atomic E-state index is -1.02. The van der Waals surface area contributed by atoms with Gasteiger partial charge in [-0.25, -0.2) is 4.68 Å². The van der Waals surface area contributed by atoms with Gasteiger partial charge in [-0.1, -0.05) is 25.4 Å². The molecule has 0 saturated carbocycles. The Kier molecular flexibility index (Phi) is 3.99. The van der Waals surface area contributed by atoms with Crippen molar-refractivity contribution >= 4 is 17.6 Å². The fraction of sp³-hybridized carbons (Fsp3) is 0.286. The summed E-state index contributed by atoms with van der Waals surface area (Å²) in [5, 5.41) is 12.5. The average molecular weight is 295 g/mol. The minimum absolute atomic E-state index is 0.0330. The monoisotopic (exact) mass is 294 g/mol. The highest BCUT2D eigenvalue weighted by atomic mass is 35.5. The van der Waals surface area contributed by atoms with Crippen LogP contribution in [-0.4, -0.2) is 20.9 Å². The number of benzene rings is 1. The first-order valence-corrected chi connectivity index (χ1v) is 6.59. The lowest BCUT2D eigenvalue weighted by Crippen LogP contribution is -2.19. The van der Waals surface area contributed by atoms with Crippen molar-refractivity contribution in [2.24, 2.45) is 0 Å². The first-order valence-electron chi connectivity index (χ1n) is 6.21. The number of hydrogen-bond acceptors (Lipinski definition) is 2. The van der Waals surface area contributed by atoms with Crippen LogP contribution in [0.15, 0.2) is 29.1 Å². The number of nitrogens with zero attached hydrogens (tertiary/aromatic N) is 1. The maximum absolute atomic E-state index is 12.4. The molecule has 106 valence electrons. The highest BCUT2D eigenvalue weighted by molar-refractivity contribution is 6.30. The van der Waals surface area contributed by atoms with Crippen LogP contribution in [0, 0.1) is 0 Å². The number of carboxylic acids is 1. The first-order chi connectivity index (χ1) is 9.40. The second-order valence-electron chi connectivity index (χ2n) is 4.85. The van der Waals surface area contributed by atoms with Gasteiger partial charge in [0.15, 0.2) is 0 Å². The van der Waals surface area contributed by atoms with Crippen molar-refractivity contribution in [3.8, 4) is 5.69 Å². The molecule has 0 aliphatic heterocycles. The number of nitrogens with one attached hydrogen (secondary N) is 1. The summed E-state index contributed by atoms with van der Waals surface area (Å²) in [7, 11) is 0. The third kappa shape index (κ3) is 2.77. The highest BCUT2D eigenvalue weighted by Crippen LogP contribution is 2.18. The summed E-state index contributed by atoms with van der Waals surface area (Å²) in [6.45, 7) is 3.81. The van der Waals surface area contributed by atoms with Crippen LogP contribution in [0.1, 0.15) is 31.0 Å². The fourth-order valence-corrected chi connectivity index (χ4v) is 2.19. The van der Waals surface area contributed by atoms with Crippen molar-refractivity contribution in [1.82, 2.24) is 9.78 Å². The number of aromatic amines is 1. The van der Waals surface area contributed by atoms with Crippen molar-refractivity contribution in [2.75, 3.05) is 0 Å². The lowest BCUT2D eigenvalue weighted by atomic mass is 10.0. The number of carbonyl (C=O) groups is 1. The number of carboxylic acid groups (broad SMARTS) is 1. The van der Waals surface area contributed by atoms with Gasteiger partial charge in [0.05, 0.1) is 17.7 Å². The number of aromatic nitrogens is 2. The van der Waals surface area contributed by atoms with Crippen LogP contribution in [0.2, 0.25) is 5.02 Å². The van der Waals surface area contributed by atoms with Gasteiger partial charge in [-0.15, -0.1) is 0 Å². The smallest absolute Gasteiger partial charge is 0.308 e. The van der Waals surface area contributed by atoms with Crippen LogP contribution in [0.5, 0.6) is 0 Å². The van der Waals surface area contributed by atoms with Crippen LogP contribution in [0.25, 0.3) is 5.69 Å². The zero-order chi connectivity index (χ0) is 14.9. The molecule has 0 radical (unpaired) electrons. The molecule has 1 aromatic carbocycles. The van der Waals surface area contributed by atoms with E-state index in [0.29, 0.717) is 22.0 Å². The van der Waals surface area contributed by atoms with E-state index in [9.17, 15) is 9.59 Å². The molecule has 1 heterocycles. The largest absolute Gasteiger partial charge is 0.481 e. The van der Waals surface area contributed by atoms with Gasteiger partial charge < -0.3 is 5.11 Å². The molecule has 0 aliphatic rings. The zero-order valence-corrected chi connectivity index (χ0v) is 11.9. The molecule has 1 aromatic heterocycles. The first kappa shape index (κ1) is 14.4. The Morgan fingerprint density at radius 1 is 1.35 bits per heavy atom. The topological polar surface area (TPSA) is 75.1 Å². The normalized spacial score (nSPS) is 11.0. The van der Waals surface area contributed by atoms with Crippen LogP contribution >= 0.6 is 11.6 Å². The van der Waals surface area contributed by atoms with Crippen LogP contribution in [-0.2, 0) is 11.2 Å². The number of hydrogen-bond donors (Lipinski definition) is 2. The number of rotatable bonds is 4. The molecule has 2 rings (SSSR count). The van der Waals surface area contributed by atoms with Gasteiger partial charge in [0, 0.05) is 10.7 Å².